The summed E-state index contributed by atoms with van der Waals surface area (Å²) in [6, 6.07) is -0.995. The largest absolute Gasteiger partial charge is 0.479 e. The second kappa shape index (κ2) is 22.4. The summed E-state index contributed by atoms with van der Waals surface area (Å²) < 4.78 is 32.8. The van der Waals surface area contributed by atoms with Gasteiger partial charge in [-0.15, -0.1) is 0 Å². The number of aryl methyl sites for hydroxylation is 1. The molecular formula is C50H59FN8O18. The number of aromatic nitrogens is 2. The highest BCUT2D eigenvalue weighted by Gasteiger charge is 2.49. The summed E-state index contributed by atoms with van der Waals surface area (Å²) in [5, 5.41) is 75.5. The number of amides is 6. The van der Waals surface area contributed by atoms with Gasteiger partial charge in [0.15, 0.2) is 18.0 Å². The SMILES string of the molecule is CC[C@@]1(O)C(=O)OCc2c1cc1n(c2=O)Cc2c-1nc1cc(F)c(C)c3c1c2[C@@H](NC(=O)CCNC(=O)[C@H](CO[C@@H]1O[C@H](C(=O)O)[C@@H](O)[C@H](O)[C@H]1O)NC(=O)[C@@H](NC(=O)CCNC(=O)CN1C(=O)C=CC1O)C(C)C)CC3. The van der Waals surface area contributed by atoms with Crippen molar-refractivity contribution >= 4 is 58.3 Å². The fraction of sp³-hybridized carbons (Fsp3) is 0.520. The summed E-state index contributed by atoms with van der Waals surface area (Å²) in [5.41, 5.74) is 0.497. The molecule has 414 valence electrons. The van der Waals surface area contributed by atoms with Crippen LogP contribution in [0.2, 0.25) is 0 Å². The molecule has 1 aliphatic carbocycles. The Morgan fingerprint density at radius 2 is 1.64 bits per heavy atom. The van der Waals surface area contributed by atoms with Gasteiger partial charge in [0.05, 0.1) is 41.7 Å². The van der Waals surface area contributed by atoms with Gasteiger partial charge in [0, 0.05) is 54.6 Å². The van der Waals surface area contributed by atoms with Crippen LogP contribution in [0.4, 0.5) is 4.39 Å². The van der Waals surface area contributed by atoms with E-state index in [0.717, 1.165) is 11.0 Å². The van der Waals surface area contributed by atoms with Crippen molar-refractivity contribution in [3.63, 3.8) is 0 Å². The van der Waals surface area contributed by atoms with Gasteiger partial charge in [0.2, 0.25) is 35.4 Å². The molecule has 0 radical (unpaired) electrons. The lowest BCUT2D eigenvalue weighted by molar-refractivity contribution is -0.294. The van der Waals surface area contributed by atoms with Gasteiger partial charge in [-0.1, -0.05) is 20.8 Å². The number of nitrogens with one attached hydrogen (secondary N) is 5. The zero-order valence-electron chi connectivity index (χ0n) is 42.2. The van der Waals surface area contributed by atoms with Crippen molar-refractivity contribution in [2.75, 3.05) is 26.2 Å². The van der Waals surface area contributed by atoms with Crippen molar-refractivity contribution in [1.82, 2.24) is 41.0 Å². The summed E-state index contributed by atoms with van der Waals surface area (Å²) >= 11 is 0. The number of aliphatic hydroxyl groups excluding tert-OH is 4. The Hall–Kier alpha value is -7.27. The molecule has 6 amide bonds. The highest BCUT2D eigenvalue weighted by atomic mass is 19.1. The highest BCUT2D eigenvalue weighted by molar-refractivity contribution is 5.96. The van der Waals surface area contributed by atoms with E-state index in [9.17, 15) is 73.8 Å². The number of pyridine rings is 2. The number of esters is 1. The molecule has 6 heterocycles. The first-order valence-corrected chi connectivity index (χ1v) is 24.9. The Labute approximate surface area is 436 Å². The number of aliphatic carboxylic acids is 1. The van der Waals surface area contributed by atoms with E-state index in [2.05, 4.69) is 26.6 Å². The average molecular weight is 1080 g/mol. The number of fused-ring (bicyclic) bond motifs is 5. The molecule has 11 N–H and O–H groups in total. The third-order valence-corrected chi connectivity index (χ3v) is 14.5. The minimum atomic E-state index is -2.11. The predicted molar refractivity (Wildman–Crippen MR) is 260 cm³/mol. The Morgan fingerprint density at radius 1 is 0.922 bits per heavy atom. The van der Waals surface area contributed by atoms with Crippen molar-refractivity contribution in [2.24, 2.45) is 5.92 Å². The van der Waals surface area contributed by atoms with Crippen LogP contribution < -0.4 is 32.1 Å². The number of carbonyl (C=O) groups excluding carboxylic acids is 7. The van der Waals surface area contributed by atoms with E-state index in [1.807, 2.05) is 0 Å². The quantitative estimate of drug-likeness (QED) is 0.0414. The van der Waals surface area contributed by atoms with Crippen LogP contribution in [0, 0.1) is 18.7 Å². The normalized spacial score (nSPS) is 24.8. The summed E-state index contributed by atoms with van der Waals surface area (Å²) in [4.78, 5) is 123. The minimum absolute atomic E-state index is 0.0201. The van der Waals surface area contributed by atoms with E-state index in [0.29, 0.717) is 34.1 Å². The summed E-state index contributed by atoms with van der Waals surface area (Å²) in [6.07, 6.45) is -9.42. The molecule has 4 aliphatic heterocycles. The average Bonchev–Trinajstić information content (AvgIpc) is 4.17. The minimum Gasteiger partial charge on any atom is -0.479 e. The predicted octanol–water partition coefficient (Wildman–Crippen LogP) is -3.11. The summed E-state index contributed by atoms with van der Waals surface area (Å²) in [6.45, 7) is 3.99. The van der Waals surface area contributed by atoms with Crippen LogP contribution in [0.15, 0.2) is 29.1 Å². The van der Waals surface area contributed by atoms with E-state index in [1.165, 1.54) is 22.8 Å². The van der Waals surface area contributed by atoms with Crippen LogP contribution >= 0.6 is 0 Å². The number of carboxylic acid groups (broad SMARTS) is 1. The van der Waals surface area contributed by atoms with Gasteiger partial charge >= 0.3 is 11.9 Å². The summed E-state index contributed by atoms with van der Waals surface area (Å²) in [5.74, 6) is -8.26. The molecule has 1 saturated heterocycles. The molecule has 0 bridgehead atoms. The van der Waals surface area contributed by atoms with Gasteiger partial charge in [-0.05, 0) is 60.9 Å². The van der Waals surface area contributed by atoms with Crippen LogP contribution in [0.3, 0.4) is 0 Å². The van der Waals surface area contributed by atoms with Crippen LogP contribution in [-0.4, -0.2) is 168 Å². The maximum absolute atomic E-state index is 15.5. The zero-order valence-corrected chi connectivity index (χ0v) is 42.2. The molecule has 3 aromatic rings. The third-order valence-electron chi connectivity index (χ3n) is 14.5. The van der Waals surface area contributed by atoms with Gasteiger partial charge in [-0.25, -0.2) is 19.0 Å². The first kappa shape index (κ1) is 55.9. The van der Waals surface area contributed by atoms with Gasteiger partial charge in [0.25, 0.3) is 5.56 Å². The smallest absolute Gasteiger partial charge is 0.343 e. The van der Waals surface area contributed by atoms with Crippen molar-refractivity contribution < 1.29 is 87.6 Å². The standard InChI is InChI=1S/C50H59FN8O18/c1-5-50(74)25-14-30-39-23(16-58(30)46(70)24(25)18-76-49(50)73)37-27(7-6-22-21(4)26(51)15-28(55-39)36(22)37)54-31(60)11-13-53-44(68)29(19-75-48-42(67)40(65)41(66)43(77-48)47(71)72)56-45(69)38(20(2)3)57-32(61)10-12-52-33(62)17-59-34(63)8-9-35(59)64/h8-9,14-15,20,27,29,34,38,40-43,48,63,65-67,74H,5-7,10-13,16-19H2,1-4H3,(H,52,62)(H,53,68)(H,54,60)(H,56,69)(H,57,61)(H,71,72)/t27-,29-,34?,38-,40-,41-,42+,43-,48+,50-/m0/s1. The van der Waals surface area contributed by atoms with E-state index in [-0.39, 0.29) is 80.0 Å². The number of nitrogens with zero attached hydrogens (tertiary/aromatic N) is 3. The molecule has 1 fully saturated rings. The first-order chi connectivity index (χ1) is 36.4. The molecule has 27 heteroatoms. The molecule has 2 aromatic heterocycles. The first-order valence-electron chi connectivity index (χ1n) is 24.9. The zero-order chi connectivity index (χ0) is 55.9. The van der Waals surface area contributed by atoms with Gasteiger partial charge < -0.3 is 80.9 Å². The van der Waals surface area contributed by atoms with E-state index < -0.39 is 138 Å². The van der Waals surface area contributed by atoms with Crippen LogP contribution in [0.25, 0.3) is 22.3 Å². The third kappa shape index (κ3) is 10.9. The fourth-order valence-corrected chi connectivity index (χ4v) is 10.2. The molecular weight excluding hydrogens is 1020 g/mol. The molecule has 5 aliphatic rings. The van der Waals surface area contributed by atoms with Gasteiger partial charge in [-0.3, -0.25) is 33.6 Å². The van der Waals surface area contributed by atoms with Crippen molar-refractivity contribution in [2.45, 2.75) is 134 Å². The second-order valence-corrected chi connectivity index (χ2v) is 19.8. The molecule has 10 atom stereocenters. The number of cyclic esters (lactones) is 1. The number of carboxylic acids is 1. The Morgan fingerprint density at radius 3 is 2.31 bits per heavy atom. The monoisotopic (exact) mass is 1080 g/mol. The van der Waals surface area contributed by atoms with E-state index in [1.54, 1.807) is 27.7 Å². The fourth-order valence-electron chi connectivity index (χ4n) is 10.2. The van der Waals surface area contributed by atoms with Crippen molar-refractivity contribution in [3.05, 3.63) is 73.8 Å². The number of hydrogen-bond acceptors (Lipinski definition) is 18. The van der Waals surface area contributed by atoms with Gasteiger partial charge in [-0.2, -0.15) is 0 Å². The lowest BCUT2D eigenvalue weighted by Crippen LogP contribution is -2.61. The Kier molecular flexibility index (Phi) is 16.3. The molecule has 0 saturated carbocycles. The number of halogens is 1. The van der Waals surface area contributed by atoms with Gasteiger partial charge in [0.1, 0.15) is 55.6 Å². The number of rotatable bonds is 19. The molecule has 77 heavy (non-hydrogen) atoms. The Balaban J connectivity index is 0.966. The lowest BCUT2D eigenvalue weighted by Gasteiger charge is -2.38. The van der Waals surface area contributed by atoms with Crippen molar-refractivity contribution in [1.29, 1.82) is 0 Å². The molecule has 1 unspecified atom stereocenters. The topological polar surface area (TPSA) is 384 Å². The van der Waals surface area contributed by atoms with Crippen LogP contribution in [-0.2, 0) is 77.7 Å². The number of ether oxygens (including phenoxy) is 3. The Bertz CT molecular complexity index is 3040. The van der Waals surface area contributed by atoms with Crippen molar-refractivity contribution in [3.8, 4) is 11.4 Å². The number of carbonyl (C=O) groups is 8. The number of aliphatic hydroxyl groups is 5. The maximum Gasteiger partial charge on any atom is 0.343 e. The lowest BCUT2D eigenvalue weighted by atomic mass is 9.81. The molecule has 1 aromatic carbocycles. The maximum atomic E-state index is 15.5. The summed E-state index contributed by atoms with van der Waals surface area (Å²) in [7, 11) is 0. The second-order valence-electron chi connectivity index (χ2n) is 19.8. The number of benzene rings is 1. The van der Waals surface area contributed by atoms with Crippen LogP contribution in [0.5, 0.6) is 0 Å². The molecule has 8 rings (SSSR count). The van der Waals surface area contributed by atoms with Crippen LogP contribution in [0.1, 0.15) is 85.9 Å². The molecule has 26 nitrogen and oxygen atoms in total. The number of hydrogen-bond donors (Lipinski definition) is 11. The van der Waals surface area contributed by atoms with E-state index in [4.69, 9.17) is 19.2 Å². The van der Waals surface area contributed by atoms with E-state index >= 15 is 4.39 Å². The molecule has 0 spiro atoms. The highest BCUT2D eigenvalue weighted by Crippen LogP contribution is 2.46.